The molecule has 0 saturated carbocycles. The van der Waals surface area contributed by atoms with E-state index in [-0.39, 0.29) is 0 Å². The fourth-order valence-corrected chi connectivity index (χ4v) is 2.23. The second-order valence-electron chi connectivity index (χ2n) is 5.47. The molecule has 1 aliphatic heterocycles. The monoisotopic (exact) mass is 198 g/mol. The molecule has 0 spiro atoms. The Kier molecular flexibility index (Phi) is 4.90. The van der Waals surface area contributed by atoms with Crippen molar-refractivity contribution in [2.24, 2.45) is 11.8 Å². The molecular formula is C12H26N2. The molecule has 1 fully saturated rings. The van der Waals surface area contributed by atoms with Crippen molar-refractivity contribution in [3.8, 4) is 0 Å². The second kappa shape index (κ2) is 5.72. The number of hydrogen-bond acceptors (Lipinski definition) is 2. The summed E-state index contributed by atoms with van der Waals surface area (Å²) in [6, 6.07) is 1.39. The normalized spacial score (nSPS) is 28.7. The Balaban J connectivity index is 2.17. The Labute approximate surface area is 88.8 Å². The van der Waals surface area contributed by atoms with Crippen molar-refractivity contribution in [3.05, 3.63) is 0 Å². The smallest absolute Gasteiger partial charge is 0.0195 e. The van der Waals surface area contributed by atoms with Gasteiger partial charge >= 0.3 is 0 Å². The van der Waals surface area contributed by atoms with E-state index in [0.29, 0.717) is 12.1 Å². The van der Waals surface area contributed by atoms with Gasteiger partial charge in [0.05, 0.1) is 0 Å². The van der Waals surface area contributed by atoms with Crippen LogP contribution in [0.1, 0.15) is 40.5 Å². The van der Waals surface area contributed by atoms with Crippen molar-refractivity contribution in [2.75, 3.05) is 13.1 Å². The lowest BCUT2D eigenvalue weighted by molar-refractivity contribution is 0.287. The van der Waals surface area contributed by atoms with Crippen LogP contribution in [0.3, 0.4) is 0 Å². The van der Waals surface area contributed by atoms with Gasteiger partial charge in [-0.3, -0.25) is 0 Å². The Morgan fingerprint density at radius 1 is 0.857 bits per heavy atom. The van der Waals surface area contributed by atoms with Crippen LogP contribution in [0.4, 0.5) is 0 Å². The third-order valence-electron chi connectivity index (χ3n) is 2.82. The molecule has 2 nitrogen and oxygen atoms in total. The second-order valence-corrected chi connectivity index (χ2v) is 5.47. The van der Waals surface area contributed by atoms with E-state index in [4.69, 9.17) is 0 Å². The molecule has 0 bridgehead atoms. The van der Waals surface area contributed by atoms with Gasteiger partial charge in [0.15, 0.2) is 0 Å². The molecular weight excluding hydrogens is 172 g/mol. The Morgan fingerprint density at radius 2 is 1.21 bits per heavy atom. The van der Waals surface area contributed by atoms with Crippen LogP contribution in [0.25, 0.3) is 0 Å². The van der Waals surface area contributed by atoms with Crippen LogP contribution in [0.2, 0.25) is 0 Å². The first-order valence-corrected chi connectivity index (χ1v) is 6.04. The molecule has 0 aromatic heterocycles. The van der Waals surface area contributed by atoms with Gasteiger partial charge in [0, 0.05) is 25.2 Å². The maximum Gasteiger partial charge on any atom is 0.0195 e. The largest absolute Gasteiger partial charge is 0.311 e. The van der Waals surface area contributed by atoms with E-state index in [0.717, 1.165) is 24.9 Å². The van der Waals surface area contributed by atoms with E-state index in [9.17, 15) is 0 Å². The van der Waals surface area contributed by atoms with Crippen molar-refractivity contribution in [1.82, 2.24) is 10.6 Å². The molecule has 84 valence electrons. The minimum atomic E-state index is 0.693. The van der Waals surface area contributed by atoms with Gasteiger partial charge in [-0.2, -0.15) is 0 Å². The van der Waals surface area contributed by atoms with E-state index in [1.165, 1.54) is 12.8 Å². The summed E-state index contributed by atoms with van der Waals surface area (Å²) in [6.07, 6.45) is 2.59. The maximum atomic E-state index is 3.64. The van der Waals surface area contributed by atoms with Crippen molar-refractivity contribution in [1.29, 1.82) is 0 Å². The van der Waals surface area contributed by atoms with Gasteiger partial charge in [0.25, 0.3) is 0 Å². The molecule has 14 heavy (non-hydrogen) atoms. The molecule has 0 aromatic carbocycles. The lowest BCUT2D eigenvalue weighted by atomic mass is 9.98. The van der Waals surface area contributed by atoms with E-state index >= 15 is 0 Å². The van der Waals surface area contributed by atoms with Crippen LogP contribution >= 0.6 is 0 Å². The summed E-state index contributed by atoms with van der Waals surface area (Å²) >= 11 is 0. The standard InChI is InChI=1S/C12H26N2/c1-9(2)5-11-7-14-12(8-13-11)6-10(3)4/h9-14H,5-8H2,1-4H3/t11-,12-/m1/s1. The Hall–Kier alpha value is -0.0800. The molecule has 1 rings (SSSR count). The molecule has 2 heteroatoms. The molecule has 0 unspecified atom stereocenters. The van der Waals surface area contributed by atoms with Gasteiger partial charge in [-0.1, -0.05) is 27.7 Å². The predicted octanol–water partition coefficient (Wildman–Crippen LogP) is 2.01. The van der Waals surface area contributed by atoms with Crippen LogP contribution in [0.5, 0.6) is 0 Å². The zero-order valence-corrected chi connectivity index (χ0v) is 10.1. The number of hydrogen-bond donors (Lipinski definition) is 2. The zero-order valence-electron chi connectivity index (χ0n) is 10.1. The molecule has 0 aromatic rings. The van der Waals surface area contributed by atoms with Crippen LogP contribution < -0.4 is 10.6 Å². The highest BCUT2D eigenvalue weighted by molar-refractivity contribution is 4.83. The summed E-state index contributed by atoms with van der Waals surface area (Å²) in [5.41, 5.74) is 0. The highest BCUT2D eigenvalue weighted by Crippen LogP contribution is 2.10. The number of nitrogens with one attached hydrogen (secondary N) is 2. The molecule has 1 heterocycles. The third kappa shape index (κ3) is 4.43. The number of piperazine rings is 1. The molecule has 0 radical (unpaired) electrons. The fraction of sp³-hybridized carbons (Fsp3) is 1.00. The van der Waals surface area contributed by atoms with Crippen LogP contribution in [-0.2, 0) is 0 Å². The first-order chi connectivity index (χ1) is 6.58. The maximum absolute atomic E-state index is 3.64. The van der Waals surface area contributed by atoms with Gasteiger partial charge in [-0.05, 0) is 24.7 Å². The van der Waals surface area contributed by atoms with Gasteiger partial charge < -0.3 is 10.6 Å². The molecule has 2 N–H and O–H groups in total. The first-order valence-electron chi connectivity index (χ1n) is 6.04. The van der Waals surface area contributed by atoms with Crippen molar-refractivity contribution >= 4 is 0 Å². The summed E-state index contributed by atoms with van der Waals surface area (Å²) < 4.78 is 0. The molecule has 1 aliphatic rings. The lowest BCUT2D eigenvalue weighted by Gasteiger charge is -2.33. The lowest BCUT2D eigenvalue weighted by Crippen LogP contribution is -2.54. The quantitative estimate of drug-likeness (QED) is 0.722. The minimum Gasteiger partial charge on any atom is -0.311 e. The first kappa shape index (κ1) is 12.0. The minimum absolute atomic E-state index is 0.693. The van der Waals surface area contributed by atoms with E-state index < -0.39 is 0 Å². The SMILES string of the molecule is CC(C)C[C@@H]1CN[C@H](CC(C)C)CN1. The van der Waals surface area contributed by atoms with Gasteiger partial charge in [-0.15, -0.1) is 0 Å². The van der Waals surface area contributed by atoms with E-state index in [2.05, 4.69) is 38.3 Å². The number of rotatable bonds is 4. The van der Waals surface area contributed by atoms with Crippen LogP contribution in [-0.4, -0.2) is 25.2 Å². The zero-order chi connectivity index (χ0) is 10.6. The average molecular weight is 198 g/mol. The topological polar surface area (TPSA) is 24.1 Å². The molecule has 0 amide bonds. The summed E-state index contributed by atoms with van der Waals surface area (Å²) in [7, 11) is 0. The van der Waals surface area contributed by atoms with E-state index in [1.807, 2.05) is 0 Å². The van der Waals surface area contributed by atoms with Gasteiger partial charge in [0.2, 0.25) is 0 Å². The highest BCUT2D eigenvalue weighted by Gasteiger charge is 2.20. The summed E-state index contributed by atoms with van der Waals surface area (Å²) in [6.45, 7) is 11.5. The molecule has 2 atom stereocenters. The Morgan fingerprint density at radius 3 is 1.43 bits per heavy atom. The third-order valence-corrected chi connectivity index (χ3v) is 2.82. The van der Waals surface area contributed by atoms with Gasteiger partial charge in [-0.25, -0.2) is 0 Å². The summed E-state index contributed by atoms with van der Waals surface area (Å²) in [5.74, 6) is 1.60. The average Bonchev–Trinajstić information content (AvgIpc) is 2.06. The fourth-order valence-electron chi connectivity index (χ4n) is 2.23. The van der Waals surface area contributed by atoms with Gasteiger partial charge in [0.1, 0.15) is 0 Å². The molecule has 0 aliphatic carbocycles. The van der Waals surface area contributed by atoms with Crippen molar-refractivity contribution in [3.63, 3.8) is 0 Å². The molecule has 1 saturated heterocycles. The summed E-state index contributed by atoms with van der Waals surface area (Å²) in [4.78, 5) is 0. The van der Waals surface area contributed by atoms with E-state index in [1.54, 1.807) is 0 Å². The van der Waals surface area contributed by atoms with Crippen LogP contribution in [0, 0.1) is 11.8 Å². The van der Waals surface area contributed by atoms with Crippen molar-refractivity contribution in [2.45, 2.75) is 52.6 Å². The van der Waals surface area contributed by atoms with Crippen LogP contribution in [0.15, 0.2) is 0 Å². The predicted molar refractivity (Wildman–Crippen MR) is 62.5 cm³/mol. The summed E-state index contributed by atoms with van der Waals surface area (Å²) in [5, 5.41) is 7.29. The highest BCUT2D eigenvalue weighted by atomic mass is 15.1. The van der Waals surface area contributed by atoms with Crippen molar-refractivity contribution < 1.29 is 0 Å². The Bertz CT molecular complexity index is 128.